The molecule has 0 unspecified atom stereocenters. The second-order valence-electron chi connectivity index (χ2n) is 7.93. The molecule has 1 aromatic carbocycles. The molecule has 2 N–H and O–H groups in total. The van der Waals surface area contributed by atoms with Gasteiger partial charge in [0.25, 0.3) is 5.91 Å². The normalized spacial score (nSPS) is 14.8. The van der Waals surface area contributed by atoms with Gasteiger partial charge in [-0.2, -0.15) is 0 Å². The van der Waals surface area contributed by atoms with Gasteiger partial charge in [0, 0.05) is 44.8 Å². The number of carbonyl (C=O) groups is 1. The fourth-order valence-corrected chi connectivity index (χ4v) is 4.20. The number of carbonyl (C=O) groups excluding carboxylic acids is 1. The van der Waals surface area contributed by atoms with E-state index >= 15 is 0 Å². The van der Waals surface area contributed by atoms with Crippen molar-refractivity contribution in [1.82, 2.24) is 14.6 Å². The van der Waals surface area contributed by atoms with Gasteiger partial charge in [-0.25, -0.2) is 9.50 Å². The molecule has 29 heavy (non-hydrogen) atoms. The van der Waals surface area contributed by atoms with Gasteiger partial charge in [0.2, 0.25) is 0 Å². The quantitative estimate of drug-likeness (QED) is 0.697. The molecule has 2 aromatic heterocycles. The first-order valence-electron chi connectivity index (χ1n) is 10.2. The average Bonchev–Trinajstić information content (AvgIpc) is 3.12. The van der Waals surface area contributed by atoms with Crippen molar-refractivity contribution in [1.29, 1.82) is 0 Å². The number of hydrogen-bond donors (Lipinski definition) is 1. The van der Waals surface area contributed by atoms with Gasteiger partial charge in [-0.1, -0.05) is 31.4 Å². The van der Waals surface area contributed by atoms with Crippen LogP contribution in [-0.4, -0.2) is 40.6 Å². The number of amides is 1. The highest BCUT2D eigenvalue weighted by molar-refractivity contribution is 6.03. The molecule has 0 atom stereocenters. The van der Waals surface area contributed by atoms with Gasteiger partial charge in [0.05, 0.1) is 0 Å². The minimum atomic E-state index is -0.489. The standard InChI is InChI=1S/C22H28N6O/c1-26(2)18-11-6-8-16(14-18)15-27(17-9-4-3-5-10-17)22-19(20(23)29)21-24-12-7-13-28(21)25-22/h6-8,11-14,17H,3-5,9-10,15H2,1-2H3,(H2,23,29). The number of hydrogen-bond acceptors (Lipinski definition) is 5. The molecule has 1 aliphatic rings. The van der Waals surface area contributed by atoms with Gasteiger partial charge in [-0.05, 0) is 36.6 Å². The van der Waals surface area contributed by atoms with E-state index in [4.69, 9.17) is 10.8 Å². The van der Waals surface area contributed by atoms with E-state index in [2.05, 4.69) is 39.0 Å². The van der Waals surface area contributed by atoms with Crippen molar-refractivity contribution >= 4 is 23.1 Å². The Morgan fingerprint density at radius 1 is 1.21 bits per heavy atom. The van der Waals surface area contributed by atoms with Crippen molar-refractivity contribution in [2.24, 2.45) is 5.73 Å². The molecule has 1 fully saturated rings. The van der Waals surface area contributed by atoms with E-state index in [1.807, 2.05) is 20.3 Å². The molecule has 2 heterocycles. The van der Waals surface area contributed by atoms with Crippen LogP contribution in [0.25, 0.3) is 5.65 Å². The van der Waals surface area contributed by atoms with Gasteiger partial charge in [-0.15, -0.1) is 5.10 Å². The molecule has 0 spiro atoms. The van der Waals surface area contributed by atoms with Crippen LogP contribution in [0, 0.1) is 0 Å². The van der Waals surface area contributed by atoms with E-state index in [9.17, 15) is 4.79 Å². The fraction of sp³-hybridized carbons (Fsp3) is 0.409. The van der Waals surface area contributed by atoms with Crippen LogP contribution in [0.2, 0.25) is 0 Å². The Morgan fingerprint density at radius 2 is 2.00 bits per heavy atom. The zero-order valence-corrected chi connectivity index (χ0v) is 17.1. The predicted octanol–water partition coefficient (Wildman–Crippen LogP) is 3.23. The second-order valence-corrected chi connectivity index (χ2v) is 7.93. The van der Waals surface area contributed by atoms with E-state index in [1.165, 1.54) is 24.8 Å². The largest absolute Gasteiger partial charge is 0.378 e. The Labute approximate surface area is 171 Å². The summed E-state index contributed by atoms with van der Waals surface area (Å²) in [5.41, 5.74) is 9.03. The molecule has 1 amide bonds. The molecule has 152 valence electrons. The van der Waals surface area contributed by atoms with E-state index in [0.717, 1.165) is 18.5 Å². The number of nitrogens with two attached hydrogens (primary N) is 1. The maximum atomic E-state index is 12.4. The average molecular weight is 393 g/mol. The molecule has 4 rings (SSSR count). The molecule has 0 radical (unpaired) electrons. The van der Waals surface area contributed by atoms with Gasteiger partial charge in [0.1, 0.15) is 5.56 Å². The maximum Gasteiger partial charge on any atom is 0.256 e. The molecule has 7 nitrogen and oxygen atoms in total. The molecule has 7 heteroatoms. The Balaban J connectivity index is 1.79. The Morgan fingerprint density at radius 3 is 2.72 bits per heavy atom. The number of benzene rings is 1. The highest BCUT2D eigenvalue weighted by Gasteiger charge is 2.29. The summed E-state index contributed by atoms with van der Waals surface area (Å²) in [7, 11) is 4.08. The first-order valence-corrected chi connectivity index (χ1v) is 10.2. The lowest BCUT2D eigenvalue weighted by atomic mass is 9.93. The monoisotopic (exact) mass is 392 g/mol. The topological polar surface area (TPSA) is 79.8 Å². The molecule has 0 saturated heterocycles. The number of anilines is 2. The van der Waals surface area contributed by atoms with Crippen LogP contribution < -0.4 is 15.5 Å². The van der Waals surface area contributed by atoms with Crippen LogP contribution in [0.3, 0.4) is 0 Å². The second kappa shape index (κ2) is 8.11. The molecule has 1 aliphatic carbocycles. The van der Waals surface area contributed by atoms with Crippen molar-refractivity contribution in [2.75, 3.05) is 23.9 Å². The van der Waals surface area contributed by atoms with Gasteiger partial charge < -0.3 is 15.5 Å². The minimum Gasteiger partial charge on any atom is -0.378 e. The first-order chi connectivity index (χ1) is 14.0. The smallest absolute Gasteiger partial charge is 0.256 e. The summed E-state index contributed by atoms with van der Waals surface area (Å²) in [5, 5.41) is 4.73. The van der Waals surface area contributed by atoms with Crippen molar-refractivity contribution in [3.63, 3.8) is 0 Å². The van der Waals surface area contributed by atoms with Crippen molar-refractivity contribution in [3.8, 4) is 0 Å². The molecule has 3 aromatic rings. The molecule has 0 bridgehead atoms. The third-order valence-corrected chi connectivity index (χ3v) is 5.69. The van der Waals surface area contributed by atoms with Crippen LogP contribution in [0.1, 0.15) is 48.0 Å². The lowest BCUT2D eigenvalue weighted by Gasteiger charge is -2.35. The highest BCUT2D eigenvalue weighted by atomic mass is 16.1. The van der Waals surface area contributed by atoms with Crippen LogP contribution in [-0.2, 0) is 6.54 Å². The number of primary amides is 1. The molecular formula is C22H28N6O. The molecule has 0 aliphatic heterocycles. The Hall–Kier alpha value is -3.09. The third-order valence-electron chi connectivity index (χ3n) is 5.69. The van der Waals surface area contributed by atoms with E-state index in [1.54, 1.807) is 16.8 Å². The predicted molar refractivity (Wildman–Crippen MR) is 115 cm³/mol. The zero-order valence-electron chi connectivity index (χ0n) is 17.1. The summed E-state index contributed by atoms with van der Waals surface area (Å²) in [5.74, 6) is 0.148. The Bertz CT molecular complexity index is 1010. The van der Waals surface area contributed by atoms with Crippen LogP contribution in [0.5, 0.6) is 0 Å². The summed E-state index contributed by atoms with van der Waals surface area (Å²) in [4.78, 5) is 21.1. The van der Waals surface area contributed by atoms with E-state index in [0.29, 0.717) is 29.6 Å². The van der Waals surface area contributed by atoms with Crippen molar-refractivity contribution in [2.45, 2.75) is 44.7 Å². The van der Waals surface area contributed by atoms with E-state index < -0.39 is 5.91 Å². The number of nitrogens with zero attached hydrogens (tertiary/aromatic N) is 5. The lowest BCUT2D eigenvalue weighted by molar-refractivity contribution is 0.100. The van der Waals surface area contributed by atoms with Gasteiger partial charge >= 0.3 is 0 Å². The first kappa shape index (κ1) is 19.2. The molecule has 1 saturated carbocycles. The van der Waals surface area contributed by atoms with Gasteiger partial charge in [-0.3, -0.25) is 4.79 Å². The van der Waals surface area contributed by atoms with Crippen molar-refractivity contribution in [3.05, 3.63) is 53.9 Å². The van der Waals surface area contributed by atoms with Gasteiger partial charge in [0.15, 0.2) is 11.5 Å². The van der Waals surface area contributed by atoms with Crippen LogP contribution >= 0.6 is 0 Å². The third kappa shape index (κ3) is 3.90. The molecular weight excluding hydrogens is 364 g/mol. The van der Waals surface area contributed by atoms with Crippen LogP contribution in [0.4, 0.5) is 11.5 Å². The Kier molecular flexibility index (Phi) is 5.38. The number of aromatic nitrogens is 3. The zero-order chi connectivity index (χ0) is 20.4. The summed E-state index contributed by atoms with van der Waals surface area (Å²) in [6.07, 6.45) is 9.30. The summed E-state index contributed by atoms with van der Waals surface area (Å²) in [6.45, 7) is 0.677. The summed E-state index contributed by atoms with van der Waals surface area (Å²) >= 11 is 0. The lowest BCUT2D eigenvalue weighted by Crippen LogP contribution is -2.38. The van der Waals surface area contributed by atoms with E-state index in [-0.39, 0.29) is 0 Å². The maximum absolute atomic E-state index is 12.4. The number of fused-ring (bicyclic) bond motifs is 1. The summed E-state index contributed by atoms with van der Waals surface area (Å²) < 4.78 is 1.65. The van der Waals surface area contributed by atoms with Crippen LogP contribution in [0.15, 0.2) is 42.7 Å². The summed E-state index contributed by atoms with van der Waals surface area (Å²) in [6, 6.07) is 10.6. The number of rotatable bonds is 6. The highest BCUT2D eigenvalue weighted by Crippen LogP contribution is 2.32. The fourth-order valence-electron chi connectivity index (χ4n) is 4.20. The minimum absolute atomic E-state index is 0.328. The van der Waals surface area contributed by atoms with Crippen molar-refractivity contribution < 1.29 is 4.79 Å². The SMILES string of the molecule is CN(C)c1cccc(CN(c2nn3cccnc3c2C(N)=O)C2CCCCC2)c1.